The van der Waals surface area contributed by atoms with E-state index >= 15 is 0 Å². The molecule has 1 aromatic rings. The van der Waals surface area contributed by atoms with Crippen molar-refractivity contribution in [1.29, 1.82) is 0 Å². The van der Waals surface area contributed by atoms with Crippen LogP contribution >= 0.6 is 0 Å². The molecule has 94 valence electrons. The first-order valence-electron chi connectivity index (χ1n) is 4.83. The number of rotatable bonds is 4. The quantitative estimate of drug-likeness (QED) is 0.434. The lowest BCUT2D eigenvalue weighted by Crippen LogP contribution is -2.34. The monoisotopic (exact) mass is 242 g/mol. The summed E-state index contributed by atoms with van der Waals surface area (Å²) in [7, 11) is 0. The van der Waals surface area contributed by atoms with Gasteiger partial charge in [0.15, 0.2) is 6.10 Å². The molecule has 0 radical (unpaired) electrons. The lowest BCUT2D eigenvalue weighted by atomic mass is 9.98. The van der Waals surface area contributed by atoms with Crippen LogP contribution in [0.3, 0.4) is 0 Å². The van der Waals surface area contributed by atoms with Gasteiger partial charge in [0.05, 0.1) is 12.3 Å². The summed E-state index contributed by atoms with van der Waals surface area (Å²) in [4.78, 5) is 14.5. The van der Waals surface area contributed by atoms with Gasteiger partial charge in [-0.25, -0.2) is 0 Å². The molecule has 0 aliphatic rings. The third-order valence-electron chi connectivity index (χ3n) is 2.41. The van der Waals surface area contributed by atoms with Crippen molar-refractivity contribution in [1.82, 2.24) is 4.98 Å². The predicted octanol–water partition coefficient (Wildman–Crippen LogP) is -1.53. The molecule has 0 saturated carbocycles. The van der Waals surface area contributed by atoms with E-state index in [2.05, 4.69) is 4.98 Å². The Labute approximate surface area is 97.2 Å². The third-order valence-corrected chi connectivity index (χ3v) is 2.41. The molecular formula is C10H14N2O5. The van der Waals surface area contributed by atoms with Gasteiger partial charge in [-0.05, 0) is 6.92 Å². The molecule has 7 nitrogen and oxygen atoms in total. The van der Waals surface area contributed by atoms with Crippen LogP contribution in [0.5, 0.6) is 5.75 Å². The van der Waals surface area contributed by atoms with Crippen LogP contribution in [0.4, 0.5) is 0 Å². The maximum atomic E-state index is 10.8. The zero-order chi connectivity index (χ0) is 13.2. The first-order chi connectivity index (χ1) is 7.90. The minimum atomic E-state index is -1.87. The van der Waals surface area contributed by atoms with Crippen molar-refractivity contribution in [2.75, 3.05) is 0 Å². The van der Waals surface area contributed by atoms with Gasteiger partial charge in [-0.2, -0.15) is 0 Å². The van der Waals surface area contributed by atoms with Gasteiger partial charge in [0.25, 0.3) is 0 Å². The molecule has 2 atom stereocenters. The number of aliphatic hydroxyl groups is 3. The molecular weight excluding hydrogens is 228 g/mol. The van der Waals surface area contributed by atoms with Crippen LogP contribution in [0, 0.1) is 6.92 Å². The highest BCUT2D eigenvalue weighted by molar-refractivity contribution is 5.79. The number of pyridine rings is 1. The van der Waals surface area contributed by atoms with Gasteiger partial charge >= 0.3 is 0 Å². The van der Waals surface area contributed by atoms with Crippen LogP contribution in [-0.4, -0.2) is 37.4 Å². The second-order valence-corrected chi connectivity index (χ2v) is 3.58. The molecule has 0 bridgehead atoms. The van der Waals surface area contributed by atoms with E-state index in [1.165, 1.54) is 13.1 Å². The Morgan fingerprint density at radius 2 is 2.12 bits per heavy atom. The van der Waals surface area contributed by atoms with Crippen LogP contribution in [0.15, 0.2) is 6.20 Å². The second kappa shape index (κ2) is 5.09. The highest BCUT2D eigenvalue weighted by Gasteiger charge is 2.28. The van der Waals surface area contributed by atoms with E-state index < -0.39 is 24.7 Å². The first kappa shape index (κ1) is 13.4. The standard InChI is InChI=1S/C10H14N2O5/c1-4-7(14)6(5(3-13)2-12-4)8(15)9(16)10(11)17/h2,8-9,13-16H,3H2,1H3,(H2,11,17). The van der Waals surface area contributed by atoms with E-state index in [0.717, 1.165) is 0 Å². The maximum Gasteiger partial charge on any atom is 0.249 e. The number of nitrogens with two attached hydrogens (primary N) is 1. The van der Waals surface area contributed by atoms with Crippen molar-refractivity contribution in [3.63, 3.8) is 0 Å². The van der Waals surface area contributed by atoms with Crippen LogP contribution < -0.4 is 5.73 Å². The summed E-state index contributed by atoms with van der Waals surface area (Å²) in [6.45, 7) is 0.974. The van der Waals surface area contributed by atoms with Crippen LogP contribution in [0.2, 0.25) is 0 Å². The van der Waals surface area contributed by atoms with Crippen molar-refractivity contribution in [2.24, 2.45) is 5.73 Å². The summed E-state index contributed by atoms with van der Waals surface area (Å²) in [5.41, 5.74) is 5.01. The molecule has 7 heteroatoms. The molecule has 6 N–H and O–H groups in total. The van der Waals surface area contributed by atoms with Crippen molar-refractivity contribution < 1.29 is 25.2 Å². The van der Waals surface area contributed by atoms with Crippen molar-refractivity contribution >= 4 is 5.91 Å². The minimum absolute atomic E-state index is 0.112. The molecule has 0 aliphatic heterocycles. The Kier molecular flexibility index (Phi) is 4.00. The summed E-state index contributed by atoms with van der Waals surface area (Å²) in [6.07, 6.45) is -2.34. The zero-order valence-electron chi connectivity index (χ0n) is 9.16. The van der Waals surface area contributed by atoms with Gasteiger partial charge in [-0.1, -0.05) is 0 Å². The van der Waals surface area contributed by atoms with Crippen molar-refractivity contribution in [2.45, 2.75) is 25.7 Å². The van der Waals surface area contributed by atoms with Crippen molar-refractivity contribution in [3.8, 4) is 5.75 Å². The van der Waals surface area contributed by atoms with E-state index in [0.29, 0.717) is 0 Å². The average molecular weight is 242 g/mol. The SMILES string of the molecule is Cc1ncc(CO)c(C(O)C(O)C(N)=O)c1O. The van der Waals surface area contributed by atoms with Gasteiger partial charge in [-0.3, -0.25) is 9.78 Å². The van der Waals surface area contributed by atoms with Gasteiger partial charge in [-0.15, -0.1) is 0 Å². The van der Waals surface area contributed by atoms with Crippen LogP contribution in [-0.2, 0) is 11.4 Å². The summed E-state index contributed by atoms with van der Waals surface area (Å²) in [6, 6.07) is 0. The number of nitrogens with zero attached hydrogens (tertiary/aromatic N) is 1. The molecule has 1 aromatic heterocycles. The minimum Gasteiger partial charge on any atom is -0.506 e. The summed E-state index contributed by atoms with van der Waals surface area (Å²) in [5, 5.41) is 37.8. The Bertz CT molecular complexity index is 435. The first-order valence-corrected chi connectivity index (χ1v) is 4.83. The van der Waals surface area contributed by atoms with Gasteiger partial charge in [0, 0.05) is 17.3 Å². The number of carbonyl (C=O) groups excluding carboxylic acids is 1. The van der Waals surface area contributed by atoms with E-state index in [1.54, 1.807) is 0 Å². The Hall–Kier alpha value is -1.70. The Morgan fingerprint density at radius 3 is 2.59 bits per heavy atom. The summed E-state index contributed by atoms with van der Waals surface area (Å²) in [5.74, 6) is -1.51. The second-order valence-electron chi connectivity index (χ2n) is 3.58. The highest BCUT2D eigenvalue weighted by atomic mass is 16.3. The number of aliphatic hydroxyl groups excluding tert-OH is 3. The van der Waals surface area contributed by atoms with E-state index in [4.69, 9.17) is 10.8 Å². The molecule has 17 heavy (non-hydrogen) atoms. The third kappa shape index (κ3) is 2.52. The molecule has 1 rings (SSSR count). The van der Waals surface area contributed by atoms with Gasteiger partial charge < -0.3 is 26.2 Å². The summed E-state index contributed by atoms with van der Waals surface area (Å²) < 4.78 is 0. The summed E-state index contributed by atoms with van der Waals surface area (Å²) >= 11 is 0. The molecule has 0 spiro atoms. The number of aromatic nitrogens is 1. The lowest BCUT2D eigenvalue weighted by Gasteiger charge is -2.19. The number of primary amides is 1. The topological polar surface area (TPSA) is 137 Å². The van der Waals surface area contributed by atoms with Crippen LogP contribution in [0.1, 0.15) is 22.9 Å². The molecule has 0 aliphatic carbocycles. The number of hydrogen-bond acceptors (Lipinski definition) is 6. The molecule has 2 unspecified atom stereocenters. The van der Waals surface area contributed by atoms with Gasteiger partial charge in [0.1, 0.15) is 11.9 Å². The Morgan fingerprint density at radius 1 is 1.53 bits per heavy atom. The fourth-order valence-corrected chi connectivity index (χ4v) is 1.42. The molecule has 1 amide bonds. The fraction of sp³-hybridized carbons (Fsp3) is 0.400. The normalized spacial score (nSPS) is 14.4. The average Bonchev–Trinajstić information content (AvgIpc) is 2.30. The molecule has 1 heterocycles. The highest BCUT2D eigenvalue weighted by Crippen LogP contribution is 2.31. The smallest absolute Gasteiger partial charge is 0.249 e. The van der Waals surface area contributed by atoms with Crippen LogP contribution in [0.25, 0.3) is 0 Å². The zero-order valence-corrected chi connectivity index (χ0v) is 9.16. The number of aromatic hydroxyl groups is 1. The fourth-order valence-electron chi connectivity index (χ4n) is 1.42. The lowest BCUT2D eigenvalue weighted by molar-refractivity contribution is -0.132. The van der Waals surface area contributed by atoms with Gasteiger partial charge in [0.2, 0.25) is 5.91 Å². The number of hydrogen-bond donors (Lipinski definition) is 5. The van der Waals surface area contributed by atoms with Crippen molar-refractivity contribution in [3.05, 3.63) is 23.0 Å². The van der Waals surface area contributed by atoms with E-state index in [9.17, 15) is 20.1 Å². The van der Waals surface area contributed by atoms with E-state index in [-0.39, 0.29) is 22.6 Å². The molecule has 0 fully saturated rings. The predicted molar refractivity (Wildman–Crippen MR) is 56.7 cm³/mol. The molecule has 0 saturated heterocycles. The molecule has 0 aromatic carbocycles. The van der Waals surface area contributed by atoms with E-state index in [1.807, 2.05) is 0 Å². The largest absolute Gasteiger partial charge is 0.506 e. The maximum absolute atomic E-state index is 10.8. The number of aryl methyl sites for hydroxylation is 1. The Balaban J connectivity index is 3.28. The number of amides is 1. The number of carbonyl (C=O) groups is 1.